The second-order valence-corrected chi connectivity index (χ2v) is 3.00. The number of rotatable bonds is 3. The molecule has 4 nitrogen and oxygen atoms in total. The molecular weight excluding hydrogens is 192 g/mol. The van der Waals surface area contributed by atoms with Crippen molar-refractivity contribution < 1.29 is 4.74 Å². The maximum Gasteiger partial charge on any atom is 0.255 e. The second kappa shape index (κ2) is 4.39. The lowest BCUT2D eigenvalue weighted by Gasteiger charge is -2.07. The maximum absolute atomic E-state index is 11.3. The molecule has 1 aromatic heterocycles. The van der Waals surface area contributed by atoms with E-state index in [0.29, 0.717) is 19.0 Å². The molecule has 0 radical (unpaired) electrons. The zero-order valence-corrected chi connectivity index (χ0v) is 8.34. The van der Waals surface area contributed by atoms with E-state index >= 15 is 0 Å². The largest absolute Gasteiger partial charge is 0.383 e. The highest BCUT2D eigenvalue weighted by Gasteiger charge is 2.02. The van der Waals surface area contributed by atoms with Crippen LogP contribution in [0.1, 0.15) is 5.82 Å². The van der Waals surface area contributed by atoms with Crippen LogP contribution in [0.4, 0.5) is 0 Å². The average Bonchev–Trinajstić information content (AvgIpc) is 2.02. The van der Waals surface area contributed by atoms with Crippen molar-refractivity contribution in [2.24, 2.45) is 0 Å². The fourth-order valence-corrected chi connectivity index (χ4v) is 1.26. The van der Waals surface area contributed by atoms with E-state index in [1.807, 2.05) is 0 Å². The molecule has 0 fully saturated rings. The summed E-state index contributed by atoms with van der Waals surface area (Å²) >= 11 is 5.60. The van der Waals surface area contributed by atoms with Crippen LogP contribution < -0.4 is 5.56 Å². The summed E-state index contributed by atoms with van der Waals surface area (Å²) in [6, 6.07) is 1.30. The number of aromatic nitrogens is 2. The van der Waals surface area contributed by atoms with Crippen LogP contribution in [-0.4, -0.2) is 23.3 Å². The normalized spacial score (nSPS) is 10.4. The van der Waals surface area contributed by atoms with Gasteiger partial charge in [-0.1, -0.05) is 11.6 Å². The minimum atomic E-state index is -0.144. The SMILES string of the molecule is COCCn1c(C)nc(Cl)cc1=O. The highest BCUT2D eigenvalue weighted by atomic mass is 35.5. The van der Waals surface area contributed by atoms with Gasteiger partial charge >= 0.3 is 0 Å². The van der Waals surface area contributed by atoms with Crippen LogP contribution in [0.15, 0.2) is 10.9 Å². The Morgan fingerprint density at radius 1 is 1.69 bits per heavy atom. The van der Waals surface area contributed by atoms with Crippen LogP contribution in [0.5, 0.6) is 0 Å². The second-order valence-electron chi connectivity index (χ2n) is 2.61. The summed E-state index contributed by atoms with van der Waals surface area (Å²) in [5.74, 6) is 0.606. The van der Waals surface area contributed by atoms with E-state index < -0.39 is 0 Å². The smallest absolute Gasteiger partial charge is 0.255 e. The zero-order chi connectivity index (χ0) is 9.84. The van der Waals surface area contributed by atoms with Gasteiger partial charge in [0.05, 0.1) is 13.2 Å². The van der Waals surface area contributed by atoms with Gasteiger partial charge in [-0.15, -0.1) is 0 Å². The lowest BCUT2D eigenvalue weighted by Crippen LogP contribution is -2.24. The van der Waals surface area contributed by atoms with Crippen molar-refractivity contribution in [2.75, 3.05) is 13.7 Å². The predicted molar refractivity (Wildman–Crippen MR) is 50.1 cm³/mol. The van der Waals surface area contributed by atoms with Gasteiger partial charge in [0, 0.05) is 13.2 Å². The predicted octanol–water partition coefficient (Wildman–Crippen LogP) is 0.852. The van der Waals surface area contributed by atoms with Gasteiger partial charge in [-0.3, -0.25) is 9.36 Å². The van der Waals surface area contributed by atoms with E-state index in [0.717, 1.165) is 0 Å². The molecule has 0 saturated heterocycles. The highest BCUT2D eigenvalue weighted by molar-refractivity contribution is 6.29. The van der Waals surface area contributed by atoms with Gasteiger partial charge in [0.25, 0.3) is 5.56 Å². The van der Waals surface area contributed by atoms with E-state index in [1.54, 1.807) is 14.0 Å². The minimum absolute atomic E-state index is 0.144. The van der Waals surface area contributed by atoms with E-state index in [9.17, 15) is 4.79 Å². The van der Waals surface area contributed by atoms with Crippen molar-refractivity contribution in [3.8, 4) is 0 Å². The van der Waals surface area contributed by atoms with Crippen LogP contribution in [0.2, 0.25) is 5.15 Å². The van der Waals surface area contributed by atoms with Crippen LogP contribution >= 0.6 is 11.6 Å². The number of nitrogens with zero attached hydrogens (tertiary/aromatic N) is 2. The van der Waals surface area contributed by atoms with Gasteiger partial charge < -0.3 is 4.74 Å². The summed E-state index contributed by atoms with van der Waals surface area (Å²) in [6.45, 7) is 2.73. The first-order valence-electron chi connectivity index (χ1n) is 3.88. The first kappa shape index (κ1) is 10.2. The molecule has 0 saturated carbocycles. The summed E-state index contributed by atoms with van der Waals surface area (Å²) < 4.78 is 6.39. The van der Waals surface area contributed by atoms with Crippen molar-refractivity contribution >= 4 is 11.6 Å². The van der Waals surface area contributed by atoms with Crippen LogP contribution in [-0.2, 0) is 11.3 Å². The first-order chi connectivity index (χ1) is 6.15. The molecule has 0 N–H and O–H groups in total. The van der Waals surface area contributed by atoms with Crippen molar-refractivity contribution in [3.63, 3.8) is 0 Å². The molecule has 0 aliphatic heterocycles. The van der Waals surface area contributed by atoms with Crippen LogP contribution in [0.3, 0.4) is 0 Å². The molecule has 13 heavy (non-hydrogen) atoms. The Hall–Kier alpha value is -0.870. The monoisotopic (exact) mass is 202 g/mol. The maximum atomic E-state index is 11.3. The minimum Gasteiger partial charge on any atom is -0.383 e. The Morgan fingerprint density at radius 2 is 2.38 bits per heavy atom. The van der Waals surface area contributed by atoms with E-state index in [4.69, 9.17) is 16.3 Å². The molecule has 72 valence electrons. The molecule has 0 spiro atoms. The molecule has 0 aromatic carbocycles. The van der Waals surface area contributed by atoms with Crippen molar-refractivity contribution in [3.05, 3.63) is 27.4 Å². The number of hydrogen-bond donors (Lipinski definition) is 0. The fourth-order valence-electron chi connectivity index (χ4n) is 1.04. The van der Waals surface area contributed by atoms with E-state index in [2.05, 4.69) is 4.98 Å². The third kappa shape index (κ3) is 2.54. The Kier molecular flexibility index (Phi) is 3.45. The van der Waals surface area contributed by atoms with Gasteiger partial charge in [-0.2, -0.15) is 0 Å². The Labute approximate surface area is 81.1 Å². The van der Waals surface area contributed by atoms with Crippen LogP contribution in [0.25, 0.3) is 0 Å². The van der Waals surface area contributed by atoms with Gasteiger partial charge in [0.2, 0.25) is 0 Å². The number of hydrogen-bond acceptors (Lipinski definition) is 3. The third-order valence-electron chi connectivity index (χ3n) is 1.69. The Balaban J connectivity index is 2.99. The summed E-state index contributed by atoms with van der Waals surface area (Å²) in [5.41, 5.74) is -0.144. The molecule has 5 heteroatoms. The third-order valence-corrected chi connectivity index (χ3v) is 1.88. The van der Waals surface area contributed by atoms with Crippen molar-refractivity contribution in [1.29, 1.82) is 0 Å². The Morgan fingerprint density at radius 3 is 2.92 bits per heavy atom. The van der Waals surface area contributed by atoms with Gasteiger partial charge in [-0.25, -0.2) is 4.98 Å². The number of methoxy groups -OCH3 is 1. The Bertz CT molecular complexity index is 348. The lowest BCUT2D eigenvalue weighted by atomic mass is 10.5. The fraction of sp³-hybridized carbons (Fsp3) is 0.500. The van der Waals surface area contributed by atoms with E-state index in [1.165, 1.54) is 10.6 Å². The number of halogens is 1. The molecule has 0 unspecified atom stereocenters. The standard InChI is InChI=1S/C8H11ClN2O2/c1-6-10-7(9)5-8(12)11(6)3-4-13-2/h5H,3-4H2,1-2H3. The zero-order valence-electron chi connectivity index (χ0n) is 7.58. The molecule has 1 aromatic rings. The summed E-state index contributed by atoms with van der Waals surface area (Å²) in [5, 5.41) is 0.233. The average molecular weight is 203 g/mol. The summed E-state index contributed by atoms with van der Waals surface area (Å²) in [7, 11) is 1.59. The molecule has 1 heterocycles. The highest BCUT2D eigenvalue weighted by Crippen LogP contribution is 2.00. The topological polar surface area (TPSA) is 44.1 Å². The quantitative estimate of drug-likeness (QED) is 0.683. The summed E-state index contributed by atoms with van der Waals surface area (Å²) in [4.78, 5) is 15.3. The van der Waals surface area contributed by atoms with Crippen molar-refractivity contribution in [1.82, 2.24) is 9.55 Å². The van der Waals surface area contributed by atoms with Gasteiger partial charge in [0.15, 0.2) is 0 Å². The lowest BCUT2D eigenvalue weighted by molar-refractivity contribution is 0.185. The van der Waals surface area contributed by atoms with Gasteiger partial charge in [-0.05, 0) is 6.92 Å². The molecular formula is C8H11ClN2O2. The van der Waals surface area contributed by atoms with E-state index in [-0.39, 0.29) is 10.7 Å². The molecule has 1 rings (SSSR count). The van der Waals surface area contributed by atoms with Crippen molar-refractivity contribution in [2.45, 2.75) is 13.5 Å². The first-order valence-corrected chi connectivity index (χ1v) is 4.26. The summed E-state index contributed by atoms with van der Waals surface area (Å²) in [6.07, 6.45) is 0. The number of ether oxygens (including phenoxy) is 1. The molecule has 0 atom stereocenters. The van der Waals surface area contributed by atoms with Crippen LogP contribution in [0, 0.1) is 6.92 Å². The molecule has 0 aliphatic rings. The molecule has 0 bridgehead atoms. The molecule has 0 amide bonds. The number of aryl methyl sites for hydroxylation is 1. The van der Waals surface area contributed by atoms with Gasteiger partial charge in [0.1, 0.15) is 11.0 Å². The molecule has 0 aliphatic carbocycles.